The zero-order valence-corrected chi connectivity index (χ0v) is 16.1. The predicted octanol–water partition coefficient (Wildman–Crippen LogP) is 3.09. The third-order valence-corrected chi connectivity index (χ3v) is 4.92. The van der Waals surface area contributed by atoms with Crippen molar-refractivity contribution in [3.05, 3.63) is 41.2 Å². The molecule has 1 aromatic carbocycles. The highest BCUT2D eigenvalue weighted by atomic mass is 16.5. The molecule has 1 aromatic heterocycles. The van der Waals surface area contributed by atoms with Crippen LogP contribution in [0.2, 0.25) is 0 Å². The van der Waals surface area contributed by atoms with E-state index in [0.29, 0.717) is 18.2 Å². The van der Waals surface area contributed by atoms with Crippen LogP contribution in [0.15, 0.2) is 24.3 Å². The van der Waals surface area contributed by atoms with Crippen LogP contribution in [0.25, 0.3) is 0 Å². The SMILES string of the molecule is COc1ccc(C)cc1NC(=O)CCN1CC[C@H](n2nc(C)cc2C)C1. The zero-order valence-electron chi connectivity index (χ0n) is 16.1. The average Bonchev–Trinajstić information content (AvgIpc) is 3.19. The fraction of sp³-hybridized carbons (Fsp3) is 0.500. The molecule has 1 amide bonds. The first-order valence-electron chi connectivity index (χ1n) is 9.16. The Morgan fingerprint density at radius 3 is 2.81 bits per heavy atom. The Hall–Kier alpha value is -2.34. The summed E-state index contributed by atoms with van der Waals surface area (Å²) in [7, 11) is 1.61. The Balaban J connectivity index is 1.51. The van der Waals surface area contributed by atoms with E-state index < -0.39 is 0 Å². The number of amides is 1. The number of benzene rings is 1. The van der Waals surface area contributed by atoms with Crippen molar-refractivity contribution >= 4 is 11.6 Å². The van der Waals surface area contributed by atoms with Gasteiger partial charge in [0.1, 0.15) is 5.75 Å². The molecule has 1 aliphatic heterocycles. The summed E-state index contributed by atoms with van der Waals surface area (Å²) in [5.74, 6) is 0.707. The fourth-order valence-corrected chi connectivity index (χ4v) is 3.62. The van der Waals surface area contributed by atoms with Gasteiger partial charge >= 0.3 is 0 Å². The van der Waals surface area contributed by atoms with E-state index in [9.17, 15) is 4.79 Å². The van der Waals surface area contributed by atoms with E-state index in [1.54, 1.807) is 7.11 Å². The number of nitrogens with one attached hydrogen (secondary N) is 1. The smallest absolute Gasteiger partial charge is 0.225 e. The highest BCUT2D eigenvalue weighted by Crippen LogP contribution is 2.26. The molecule has 0 saturated carbocycles. The summed E-state index contributed by atoms with van der Waals surface area (Å²) in [5.41, 5.74) is 4.10. The number of anilines is 1. The Morgan fingerprint density at radius 2 is 2.12 bits per heavy atom. The first-order valence-corrected chi connectivity index (χ1v) is 9.16. The molecule has 0 spiro atoms. The van der Waals surface area contributed by atoms with Gasteiger partial charge in [-0.15, -0.1) is 0 Å². The van der Waals surface area contributed by atoms with Gasteiger partial charge in [-0.2, -0.15) is 5.10 Å². The van der Waals surface area contributed by atoms with Crippen molar-refractivity contribution in [2.75, 3.05) is 32.1 Å². The van der Waals surface area contributed by atoms with Gasteiger partial charge in [-0.3, -0.25) is 9.48 Å². The Bertz CT molecular complexity index is 784. The summed E-state index contributed by atoms with van der Waals surface area (Å²) < 4.78 is 7.45. The van der Waals surface area contributed by atoms with Gasteiger partial charge in [0.25, 0.3) is 0 Å². The largest absolute Gasteiger partial charge is 0.495 e. The number of methoxy groups -OCH3 is 1. The molecular weight excluding hydrogens is 328 g/mol. The number of nitrogens with zero attached hydrogens (tertiary/aromatic N) is 3. The molecule has 0 unspecified atom stereocenters. The van der Waals surface area contributed by atoms with Crippen LogP contribution < -0.4 is 10.1 Å². The molecule has 6 heteroatoms. The maximum absolute atomic E-state index is 12.3. The van der Waals surface area contributed by atoms with Gasteiger partial charge in [-0.1, -0.05) is 6.07 Å². The van der Waals surface area contributed by atoms with Crippen molar-refractivity contribution in [2.45, 2.75) is 39.7 Å². The van der Waals surface area contributed by atoms with Crippen molar-refractivity contribution in [3.8, 4) is 5.75 Å². The van der Waals surface area contributed by atoms with E-state index in [-0.39, 0.29) is 5.91 Å². The highest BCUT2D eigenvalue weighted by molar-refractivity contribution is 5.92. The number of aryl methyl sites for hydroxylation is 3. The number of ether oxygens (including phenoxy) is 1. The molecule has 6 nitrogen and oxygen atoms in total. The van der Waals surface area contributed by atoms with Gasteiger partial charge in [-0.05, 0) is 51.0 Å². The van der Waals surface area contributed by atoms with Crippen LogP contribution in [0.1, 0.15) is 35.8 Å². The molecule has 0 aliphatic carbocycles. The number of rotatable bonds is 6. The van der Waals surface area contributed by atoms with Gasteiger partial charge in [0.15, 0.2) is 0 Å². The standard InChI is InChI=1S/C20H28N4O2/c1-14-5-6-19(26-4)18(11-14)21-20(25)8-10-23-9-7-17(13-23)24-16(3)12-15(2)22-24/h5-6,11-12,17H,7-10,13H2,1-4H3,(H,21,25)/t17-/m0/s1. The minimum absolute atomic E-state index is 0.0171. The first-order chi connectivity index (χ1) is 12.5. The molecule has 140 valence electrons. The third kappa shape index (κ3) is 4.25. The second kappa shape index (κ2) is 7.91. The molecule has 26 heavy (non-hydrogen) atoms. The van der Waals surface area contributed by atoms with Crippen LogP contribution in [0.5, 0.6) is 5.75 Å². The zero-order chi connectivity index (χ0) is 18.7. The fourth-order valence-electron chi connectivity index (χ4n) is 3.62. The quantitative estimate of drug-likeness (QED) is 0.864. The monoisotopic (exact) mass is 356 g/mol. The maximum Gasteiger partial charge on any atom is 0.225 e. The molecule has 3 rings (SSSR count). The summed E-state index contributed by atoms with van der Waals surface area (Å²) in [4.78, 5) is 14.7. The van der Waals surface area contributed by atoms with E-state index in [2.05, 4.69) is 33.0 Å². The van der Waals surface area contributed by atoms with E-state index in [1.165, 1.54) is 5.69 Å². The van der Waals surface area contributed by atoms with Crippen molar-refractivity contribution in [1.29, 1.82) is 0 Å². The molecular formula is C20H28N4O2. The lowest BCUT2D eigenvalue weighted by Crippen LogP contribution is -2.27. The molecule has 0 radical (unpaired) electrons. The number of likely N-dealkylation sites (tertiary alicyclic amines) is 1. The van der Waals surface area contributed by atoms with Crippen molar-refractivity contribution in [3.63, 3.8) is 0 Å². The van der Waals surface area contributed by atoms with Gasteiger partial charge in [0.05, 0.1) is 24.5 Å². The van der Waals surface area contributed by atoms with Crippen molar-refractivity contribution in [1.82, 2.24) is 14.7 Å². The molecule has 1 fully saturated rings. The second-order valence-corrected chi connectivity index (χ2v) is 7.12. The third-order valence-electron chi connectivity index (χ3n) is 4.92. The van der Waals surface area contributed by atoms with Gasteiger partial charge in [0.2, 0.25) is 5.91 Å². The molecule has 0 bridgehead atoms. The minimum atomic E-state index is 0.0171. The average molecular weight is 356 g/mol. The number of hydrogen-bond acceptors (Lipinski definition) is 4. The lowest BCUT2D eigenvalue weighted by molar-refractivity contribution is -0.116. The van der Waals surface area contributed by atoms with Crippen molar-refractivity contribution < 1.29 is 9.53 Å². The number of carbonyl (C=O) groups excluding carboxylic acids is 1. The summed E-state index contributed by atoms with van der Waals surface area (Å²) in [6.07, 6.45) is 1.55. The second-order valence-electron chi connectivity index (χ2n) is 7.12. The van der Waals surface area contributed by atoms with E-state index >= 15 is 0 Å². The molecule has 1 aliphatic rings. The lowest BCUT2D eigenvalue weighted by Gasteiger charge is -2.17. The molecule has 1 atom stereocenters. The van der Waals surface area contributed by atoms with E-state index in [0.717, 1.165) is 43.0 Å². The van der Waals surface area contributed by atoms with Crippen LogP contribution in [-0.2, 0) is 4.79 Å². The summed E-state index contributed by atoms with van der Waals surface area (Å²) in [5, 5.41) is 7.58. The number of hydrogen-bond donors (Lipinski definition) is 1. The Labute approximate surface area is 155 Å². The number of carbonyl (C=O) groups is 1. The first kappa shape index (κ1) is 18.5. The van der Waals surface area contributed by atoms with Crippen LogP contribution in [-0.4, -0.2) is 47.3 Å². The van der Waals surface area contributed by atoms with Gasteiger partial charge in [-0.25, -0.2) is 0 Å². The van der Waals surface area contributed by atoms with Gasteiger partial charge < -0.3 is 15.0 Å². The Morgan fingerprint density at radius 1 is 1.31 bits per heavy atom. The Kier molecular flexibility index (Phi) is 5.61. The van der Waals surface area contributed by atoms with Crippen molar-refractivity contribution in [2.24, 2.45) is 0 Å². The van der Waals surface area contributed by atoms with E-state index in [4.69, 9.17) is 4.74 Å². The molecule has 2 heterocycles. The highest BCUT2D eigenvalue weighted by Gasteiger charge is 2.25. The molecule has 2 aromatic rings. The van der Waals surface area contributed by atoms with Crippen LogP contribution in [0.3, 0.4) is 0 Å². The summed E-state index contributed by atoms with van der Waals surface area (Å²) in [6.45, 7) is 8.84. The summed E-state index contributed by atoms with van der Waals surface area (Å²) >= 11 is 0. The molecule has 1 N–H and O–H groups in total. The predicted molar refractivity (Wildman–Crippen MR) is 103 cm³/mol. The lowest BCUT2D eigenvalue weighted by atomic mass is 10.2. The van der Waals surface area contributed by atoms with Crippen LogP contribution in [0.4, 0.5) is 5.69 Å². The summed E-state index contributed by atoms with van der Waals surface area (Å²) in [6, 6.07) is 8.31. The van der Waals surface area contributed by atoms with Gasteiger partial charge in [0, 0.05) is 31.7 Å². The normalized spacial score (nSPS) is 17.5. The minimum Gasteiger partial charge on any atom is -0.495 e. The van der Waals surface area contributed by atoms with Crippen LogP contribution >= 0.6 is 0 Å². The van der Waals surface area contributed by atoms with E-state index in [1.807, 2.05) is 32.0 Å². The maximum atomic E-state index is 12.3. The number of aromatic nitrogens is 2. The molecule has 1 saturated heterocycles. The topological polar surface area (TPSA) is 59.4 Å². The van der Waals surface area contributed by atoms with Crippen LogP contribution in [0, 0.1) is 20.8 Å².